The number of hydrogen-bond acceptors (Lipinski definition) is 5. The van der Waals surface area contributed by atoms with Crippen molar-refractivity contribution in [2.24, 2.45) is 0 Å². The lowest BCUT2D eigenvalue weighted by Crippen LogP contribution is -2.15. The Hall–Kier alpha value is -1.69. The molecule has 0 amide bonds. The minimum absolute atomic E-state index is 0.0679. The summed E-state index contributed by atoms with van der Waals surface area (Å²) in [6.07, 6.45) is -0.899. The number of carbonyl (C=O) groups is 1. The van der Waals surface area contributed by atoms with Crippen molar-refractivity contribution in [1.82, 2.24) is 0 Å². The summed E-state index contributed by atoms with van der Waals surface area (Å²) in [5, 5.41) is 18.5. The van der Waals surface area contributed by atoms with Gasteiger partial charge in [-0.15, -0.1) is 0 Å². The lowest BCUT2D eigenvalue weighted by atomic mass is 9.98. The van der Waals surface area contributed by atoms with Crippen molar-refractivity contribution in [3.8, 4) is 0 Å². The van der Waals surface area contributed by atoms with Gasteiger partial charge in [0.2, 0.25) is 0 Å². The van der Waals surface area contributed by atoms with Crippen molar-refractivity contribution in [3.05, 3.63) is 47.5 Å². The zero-order valence-corrected chi connectivity index (χ0v) is 11.5. The number of esters is 1. The van der Waals surface area contributed by atoms with Gasteiger partial charge >= 0.3 is 5.97 Å². The molecule has 20 heavy (non-hydrogen) atoms. The van der Waals surface area contributed by atoms with Gasteiger partial charge in [0, 0.05) is 0 Å². The number of benzene rings is 1. The normalized spacial score (nSPS) is 11.9. The van der Waals surface area contributed by atoms with Crippen molar-refractivity contribution in [2.45, 2.75) is 13.0 Å². The second-order valence-electron chi connectivity index (χ2n) is 4.31. The van der Waals surface area contributed by atoms with Crippen molar-refractivity contribution >= 4 is 5.97 Å². The van der Waals surface area contributed by atoms with Gasteiger partial charge in [-0.25, -0.2) is 4.79 Å². The number of ether oxygens (including phenoxy) is 2. The molecule has 0 fully saturated rings. The number of rotatable bonds is 8. The first kappa shape index (κ1) is 16.4. The highest BCUT2D eigenvalue weighted by Gasteiger charge is 2.18. The molecule has 0 heterocycles. The molecule has 1 aromatic rings. The predicted molar refractivity (Wildman–Crippen MR) is 74.4 cm³/mol. The first-order valence-corrected chi connectivity index (χ1v) is 6.36. The van der Waals surface area contributed by atoms with Gasteiger partial charge in [-0.05, 0) is 24.1 Å². The van der Waals surface area contributed by atoms with Gasteiger partial charge in [0.1, 0.15) is 12.7 Å². The summed E-state index contributed by atoms with van der Waals surface area (Å²) in [6.45, 7) is 5.83. The summed E-state index contributed by atoms with van der Waals surface area (Å²) in [5.41, 5.74) is 1.34. The Labute approximate surface area is 118 Å². The quantitative estimate of drug-likeness (QED) is 0.428. The first-order chi connectivity index (χ1) is 9.57. The van der Waals surface area contributed by atoms with Crippen LogP contribution in [0.3, 0.4) is 0 Å². The Morgan fingerprint density at radius 3 is 2.65 bits per heavy atom. The van der Waals surface area contributed by atoms with Crippen molar-refractivity contribution in [3.63, 3.8) is 0 Å². The maximum Gasteiger partial charge on any atom is 0.338 e. The molecule has 0 aliphatic rings. The van der Waals surface area contributed by atoms with Crippen molar-refractivity contribution in [1.29, 1.82) is 0 Å². The Morgan fingerprint density at radius 2 is 2.00 bits per heavy atom. The van der Waals surface area contributed by atoms with Gasteiger partial charge in [0.05, 0.1) is 25.4 Å². The highest BCUT2D eigenvalue weighted by atomic mass is 16.6. The minimum Gasteiger partial charge on any atom is -0.460 e. The van der Waals surface area contributed by atoms with E-state index in [1.807, 2.05) is 0 Å². The molecule has 5 heteroatoms. The van der Waals surface area contributed by atoms with Crippen molar-refractivity contribution in [2.75, 3.05) is 26.4 Å². The molecule has 0 aromatic heterocycles. The van der Waals surface area contributed by atoms with E-state index in [1.165, 1.54) is 0 Å². The van der Waals surface area contributed by atoms with Crippen LogP contribution < -0.4 is 0 Å². The molecule has 0 radical (unpaired) electrons. The van der Waals surface area contributed by atoms with E-state index in [-0.39, 0.29) is 26.4 Å². The van der Waals surface area contributed by atoms with E-state index in [2.05, 4.69) is 6.58 Å². The highest BCUT2D eigenvalue weighted by molar-refractivity contribution is 5.91. The average molecular weight is 280 g/mol. The van der Waals surface area contributed by atoms with Crippen LogP contribution in [-0.4, -0.2) is 42.6 Å². The fourth-order valence-electron chi connectivity index (χ4n) is 1.62. The number of aliphatic hydroxyl groups is 2. The molecule has 2 N–H and O–H groups in total. The molecule has 0 saturated heterocycles. The third kappa shape index (κ3) is 4.77. The molecule has 1 rings (SSSR count). The van der Waals surface area contributed by atoms with Crippen LogP contribution >= 0.6 is 0 Å². The van der Waals surface area contributed by atoms with E-state index in [4.69, 9.17) is 14.6 Å². The van der Waals surface area contributed by atoms with Gasteiger partial charge in [0.15, 0.2) is 0 Å². The van der Waals surface area contributed by atoms with Crippen LogP contribution in [0.5, 0.6) is 0 Å². The van der Waals surface area contributed by atoms with E-state index in [0.29, 0.717) is 16.7 Å². The average Bonchev–Trinajstić information content (AvgIpc) is 2.46. The molecule has 1 atom stereocenters. The Kier molecular flexibility index (Phi) is 6.93. The fourth-order valence-corrected chi connectivity index (χ4v) is 1.62. The Morgan fingerprint density at radius 1 is 1.30 bits per heavy atom. The van der Waals surface area contributed by atoms with Gasteiger partial charge in [-0.3, -0.25) is 0 Å². The predicted octanol–water partition coefficient (Wildman–Crippen LogP) is 1.46. The zero-order valence-electron chi connectivity index (χ0n) is 11.5. The van der Waals surface area contributed by atoms with Crippen LogP contribution in [0.25, 0.3) is 0 Å². The Bertz CT molecular complexity index is 455. The molecule has 1 unspecified atom stereocenters. The molecule has 0 aliphatic carbocycles. The third-order valence-corrected chi connectivity index (χ3v) is 2.64. The smallest absolute Gasteiger partial charge is 0.338 e. The molecular formula is C15H20O5. The van der Waals surface area contributed by atoms with Gasteiger partial charge in [-0.2, -0.15) is 0 Å². The number of carbonyl (C=O) groups excluding carboxylic acids is 1. The molecule has 0 bridgehead atoms. The van der Waals surface area contributed by atoms with Gasteiger partial charge in [0.25, 0.3) is 0 Å². The largest absolute Gasteiger partial charge is 0.460 e. The molecular weight excluding hydrogens is 260 g/mol. The molecule has 0 aliphatic heterocycles. The van der Waals surface area contributed by atoms with Crippen LogP contribution in [0.15, 0.2) is 36.4 Å². The van der Waals surface area contributed by atoms with Gasteiger partial charge < -0.3 is 19.7 Å². The number of aliphatic hydroxyl groups excluding tert-OH is 2. The molecule has 0 spiro atoms. The van der Waals surface area contributed by atoms with Crippen LogP contribution in [0.2, 0.25) is 0 Å². The molecule has 5 nitrogen and oxygen atoms in total. The van der Waals surface area contributed by atoms with E-state index in [1.54, 1.807) is 31.2 Å². The number of hydrogen-bond donors (Lipinski definition) is 2. The third-order valence-electron chi connectivity index (χ3n) is 2.64. The van der Waals surface area contributed by atoms with Crippen LogP contribution in [-0.2, 0) is 9.47 Å². The van der Waals surface area contributed by atoms with Crippen LogP contribution in [0.1, 0.15) is 28.9 Å². The summed E-state index contributed by atoms with van der Waals surface area (Å²) in [4.78, 5) is 12.0. The van der Waals surface area contributed by atoms with E-state index in [9.17, 15) is 9.90 Å². The minimum atomic E-state index is -0.899. The monoisotopic (exact) mass is 280 g/mol. The lowest BCUT2D eigenvalue weighted by Gasteiger charge is -2.15. The van der Waals surface area contributed by atoms with E-state index in [0.717, 1.165) is 0 Å². The lowest BCUT2D eigenvalue weighted by molar-refractivity contribution is 0.0255. The maximum absolute atomic E-state index is 12.0. The summed E-state index contributed by atoms with van der Waals surface area (Å²) in [5.74, 6) is -0.520. The molecule has 110 valence electrons. The zero-order chi connectivity index (χ0) is 15.0. The van der Waals surface area contributed by atoms with Gasteiger partial charge in [-0.1, -0.05) is 24.8 Å². The second-order valence-corrected chi connectivity index (χ2v) is 4.31. The van der Waals surface area contributed by atoms with Crippen molar-refractivity contribution < 1.29 is 24.5 Å². The summed E-state index contributed by atoms with van der Waals surface area (Å²) in [7, 11) is 0. The fraction of sp³-hybridized carbons (Fsp3) is 0.400. The standard InChI is InChI=1S/C15H20O5/c1-11(2)14(17)12-5-3-4-6-13(12)15(18)20-10-9-19-8-7-16/h3-6,14,16-17H,1,7-10H2,2H3. The van der Waals surface area contributed by atoms with E-state index >= 15 is 0 Å². The molecule has 1 aromatic carbocycles. The molecule has 0 saturated carbocycles. The van der Waals surface area contributed by atoms with Crippen LogP contribution in [0, 0.1) is 0 Å². The summed E-state index contributed by atoms with van der Waals surface area (Å²) >= 11 is 0. The second kappa shape index (κ2) is 8.47. The SMILES string of the molecule is C=C(C)C(O)c1ccccc1C(=O)OCCOCCO. The Balaban J connectivity index is 2.66. The van der Waals surface area contributed by atoms with Crippen LogP contribution in [0.4, 0.5) is 0 Å². The topological polar surface area (TPSA) is 76.0 Å². The first-order valence-electron chi connectivity index (χ1n) is 6.36. The highest BCUT2D eigenvalue weighted by Crippen LogP contribution is 2.23. The maximum atomic E-state index is 12.0. The summed E-state index contributed by atoms with van der Waals surface area (Å²) < 4.78 is 10.1. The van der Waals surface area contributed by atoms with E-state index < -0.39 is 12.1 Å². The summed E-state index contributed by atoms with van der Waals surface area (Å²) in [6, 6.07) is 6.70.